The monoisotopic (exact) mass is 525 g/mol. The molecule has 0 spiro atoms. The minimum Gasteiger partial charge on any atom is -0.490 e. The van der Waals surface area contributed by atoms with Gasteiger partial charge in [0.15, 0.2) is 17.2 Å². The summed E-state index contributed by atoms with van der Waals surface area (Å²) in [4.78, 5) is 12.6. The molecule has 3 rings (SSSR count). The van der Waals surface area contributed by atoms with E-state index in [0.29, 0.717) is 36.1 Å². The molecule has 2 aromatic carbocycles. The predicted molar refractivity (Wildman–Crippen MR) is 130 cm³/mol. The molecule has 1 aromatic heterocycles. The highest BCUT2D eigenvalue weighted by atomic mass is 35.5. The summed E-state index contributed by atoms with van der Waals surface area (Å²) < 4.78 is 57.2. The molecule has 0 bridgehead atoms. The molecule has 7 nitrogen and oxygen atoms in total. The Labute approximate surface area is 212 Å². The van der Waals surface area contributed by atoms with Gasteiger partial charge in [-0.2, -0.15) is 18.3 Å². The maximum absolute atomic E-state index is 13.1. The van der Waals surface area contributed by atoms with Crippen LogP contribution in [0.4, 0.5) is 18.9 Å². The molecule has 1 amide bonds. The molecular formula is C25H27ClF3N3O4. The van der Waals surface area contributed by atoms with Crippen molar-refractivity contribution >= 4 is 23.2 Å². The molecule has 11 heteroatoms. The maximum atomic E-state index is 13.1. The number of nitrogens with one attached hydrogen (secondary N) is 1. The fraction of sp³-hybridized carbons (Fsp3) is 0.360. The van der Waals surface area contributed by atoms with Crippen LogP contribution < -0.4 is 19.5 Å². The van der Waals surface area contributed by atoms with Crippen molar-refractivity contribution in [3.05, 3.63) is 64.4 Å². The molecule has 1 atom stereocenters. The van der Waals surface area contributed by atoms with E-state index in [9.17, 15) is 18.0 Å². The van der Waals surface area contributed by atoms with Crippen LogP contribution in [0.25, 0.3) is 0 Å². The number of rotatable bonds is 10. The molecule has 0 aliphatic carbocycles. The number of carbonyl (C=O) groups excluding carboxylic acids is 1. The zero-order chi connectivity index (χ0) is 26.5. The van der Waals surface area contributed by atoms with Gasteiger partial charge in [-0.3, -0.25) is 9.48 Å². The molecule has 0 saturated carbocycles. The van der Waals surface area contributed by atoms with Crippen LogP contribution in [0.15, 0.2) is 42.5 Å². The lowest BCUT2D eigenvalue weighted by molar-refractivity contribution is -0.141. The SMILES string of the molecule is CCOc1ccc(COc2ccc(NC(=O)C(C)n3nc(C(F)(F)F)c(Cl)c3C)cc2)cc1OCC. The largest absolute Gasteiger partial charge is 0.490 e. The summed E-state index contributed by atoms with van der Waals surface area (Å²) in [6, 6.07) is 11.2. The number of nitrogens with zero attached hydrogens (tertiary/aromatic N) is 2. The van der Waals surface area contributed by atoms with Crippen molar-refractivity contribution in [2.75, 3.05) is 18.5 Å². The second kappa shape index (κ2) is 11.6. The lowest BCUT2D eigenvalue weighted by Crippen LogP contribution is -2.25. The van der Waals surface area contributed by atoms with Gasteiger partial charge in [0.05, 0.1) is 23.9 Å². The van der Waals surface area contributed by atoms with Gasteiger partial charge in [0.2, 0.25) is 5.91 Å². The maximum Gasteiger partial charge on any atom is 0.436 e. The number of anilines is 1. The normalized spacial score (nSPS) is 12.2. The zero-order valence-electron chi connectivity index (χ0n) is 20.3. The van der Waals surface area contributed by atoms with E-state index in [1.54, 1.807) is 24.3 Å². The summed E-state index contributed by atoms with van der Waals surface area (Å²) >= 11 is 5.78. The molecule has 1 heterocycles. The summed E-state index contributed by atoms with van der Waals surface area (Å²) in [7, 11) is 0. The van der Waals surface area contributed by atoms with Crippen molar-refractivity contribution in [2.24, 2.45) is 0 Å². The highest BCUT2D eigenvalue weighted by Crippen LogP contribution is 2.36. The minimum absolute atomic E-state index is 0.0529. The quantitative estimate of drug-likeness (QED) is 0.330. The Morgan fingerprint density at radius 2 is 1.69 bits per heavy atom. The van der Waals surface area contributed by atoms with Crippen LogP contribution in [-0.4, -0.2) is 28.9 Å². The van der Waals surface area contributed by atoms with Gasteiger partial charge in [-0.25, -0.2) is 0 Å². The number of alkyl halides is 3. The van der Waals surface area contributed by atoms with Crippen LogP contribution in [0.3, 0.4) is 0 Å². The number of aromatic nitrogens is 2. The number of benzene rings is 2. The van der Waals surface area contributed by atoms with Gasteiger partial charge in [-0.1, -0.05) is 17.7 Å². The smallest absolute Gasteiger partial charge is 0.436 e. The first-order valence-electron chi connectivity index (χ1n) is 11.3. The summed E-state index contributed by atoms with van der Waals surface area (Å²) in [5, 5.41) is 5.65. The van der Waals surface area contributed by atoms with E-state index in [-0.39, 0.29) is 12.3 Å². The summed E-state index contributed by atoms with van der Waals surface area (Å²) in [5.74, 6) is 1.33. The van der Waals surface area contributed by atoms with Gasteiger partial charge >= 0.3 is 6.18 Å². The van der Waals surface area contributed by atoms with E-state index in [0.717, 1.165) is 10.2 Å². The van der Waals surface area contributed by atoms with E-state index in [2.05, 4.69) is 10.4 Å². The van der Waals surface area contributed by atoms with Crippen molar-refractivity contribution in [2.45, 2.75) is 46.5 Å². The van der Waals surface area contributed by atoms with Gasteiger partial charge in [-0.15, -0.1) is 0 Å². The average molecular weight is 526 g/mol. The number of hydrogen-bond acceptors (Lipinski definition) is 5. The highest BCUT2D eigenvalue weighted by molar-refractivity contribution is 6.32. The second-order valence-corrected chi connectivity index (χ2v) is 8.19. The van der Waals surface area contributed by atoms with Crippen LogP contribution in [0.1, 0.15) is 43.8 Å². The van der Waals surface area contributed by atoms with E-state index in [1.807, 2.05) is 32.0 Å². The Balaban J connectivity index is 1.62. The Bertz CT molecular complexity index is 1200. The fourth-order valence-electron chi connectivity index (χ4n) is 3.40. The fourth-order valence-corrected chi connectivity index (χ4v) is 3.63. The molecule has 1 N–H and O–H groups in total. The third-order valence-corrected chi connectivity index (χ3v) is 5.68. The molecule has 0 fully saturated rings. The van der Waals surface area contributed by atoms with Crippen molar-refractivity contribution in [1.82, 2.24) is 9.78 Å². The Morgan fingerprint density at radius 3 is 2.28 bits per heavy atom. The van der Waals surface area contributed by atoms with Gasteiger partial charge in [0.1, 0.15) is 18.4 Å². The first-order valence-corrected chi connectivity index (χ1v) is 11.7. The molecule has 36 heavy (non-hydrogen) atoms. The van der Waals surface area contributed by atoms with E-state index < -0.39 is 28.8 Å². The molecule has 0 saturated heterocycles. The molecule has 3 aromatic rings. The summed E-state index contributed by atoms with van der Waals surface area (Å²) in [6.45, 7) is 7.94. The number of ether oxygens (including phenoxy) is 3. The van der Waals surface area contributed by atoms with Crippen LogP contribution >= 0.6 is 11.6 Å². The standard InChI is InChI=1S/C25H27ClF3N3O4/c1-5-34-20-12-7-17(13-21(20)35-6-2)14-36-19-10-8-18(9-11-19)30-24(33)16(4)32-15(3)22(26)23(31-32)25(27,28)29/h7-13,16H,5-6,14H2,1-4H3,(H,30,33). The van der Waals surface area contributed by atoms with Crippen LogP contribution in [0.5, 0.6) is 17.2 Å². The number of hydrogen-bond donors (Lipinski definition) is 1. The number of carbonyl (C=O) groups is 1. The minimum atomic E-state index is -4.71. The van der Waals surface area contributed by atoms with Gasteiger partial charge in [0, 0.05) is 5.69 Å². The summed E-state index contributed by atoms with van der Waals surface area (Å²) in [5.41, 5.74) is 0.173. The average Bonchev–Trinajstić information content (AvgIpc) is 3.14. The van der Waals surface area contributed by atoms with E-state index in [4.69, 9.17) is 25.8 Å². The van der Waals surface area contributed by atoms with E-state index in [1.165, 1.54) is 13.8 Å². The van der Waals surface area contributed by atoms with Crippen LogP contribution in [-0.2, 0) is 17.6 Å². The highest BCUT2D eigenvalue weighted by Gasteiger charge is 2.39. The van der Waals surface area contributed by atoms with Crippen molar-refractivity contribution in [1.29, 1.82) is 0 Å². The molecule has 194 valence electrons. The molecule has 0 aliphatic rings. The van der Waals surface area contributed by atoms with Crippen molar-refractivity contribution in [3.63, 3.8) is 0 Å². The Morgan fingerprint density at radius 1 is 1.06 bits per heavy atom. The zero-order valence-corrected chi connectivity index (χ0v) is 21.0. The lowest BCUT2D eigenvalue weighted by Gasteiger charge is -2.15. The van der Waals surface area contributed by atoms with Crippen molar-refractivity contribution < 1.29 is 32.2 Å². The van der Waals surface area contributed by atoms with Gasteiger partial charge in [-0.05, 0) is 69.7 Å². The van der Waals surface area contributed by atoms with Gasteiger partial charge < -0.3 is 19.5 Å². The van der Waals surface area contributed by atoms with Crippen molar-refractivity contribution in [3.8, 4) is 17.2 Å². The first-order chi connectivity index (χ1) is 17.0. The molecule has 1 unspecified atom stereocenters. The number of halogens is 4. The Hall–Kier alpha value is -3.40. The topological polar surface area (TPSA) is 74.6 Å². The molecule has 0 aliphatic heterocycles. The second-order valence-electron chi connectivity index (χ2n) is 7.82. The van der Waals surface area contributed by atoms with Gasteiger partial charge in [0.25, 0.3) is 0 Å². The summed E-state index contributed by atoms with van der Waals surface area (Å²) in [6.07, 6.45) is -4.71. The Kier molecular flexibility index (Phi) is 8.73. The van der Waals surface area contributed by atoms with Crippen LogP contribution in [0, 0.1) is 6.92 Å². The lowest BCUT2D eigenvalue weighted by atomic mass is 10.2. The number of amides is 1. The third kappa shape index (κ3) is 6.42. The third-order valence-electron chi connectivity index (χ3n) is 5.23. The molecular weight excluding hydrogens is 499 g/mol. The predicted octanol–water partition coefficient (Wildman–Crippen LogP) is 6.44. The van der Waals surface area contributed by atoms with Crippen LogP contribution in [0.2, 0.25) is 5.02 Å². The molecule has 0 radical (unpaired) electrons. The first kappa shape index (κ1) is 27.2. The van der Waals surface area contributed by atoms with E-state index >= 15 is 0 Å².